The highest BCUT2D eigenvalue weighted by atomic mass is 32.2. The SMILES string of the molecule is CCC(C#N)S(=O)(=O)Nc1cc(C#CCCO)ccn1. The molecule has 1 aromatic heterocycles. The summed E-state index contributed by atoms with van der Waals surface area (Å²) in [5.74, 6) is 5.63. The molecular weight excluding hydrogens is 278 g/mol. The Balaban J connectivity index is 2.92. The number of aromatic nitrogens is 1. The van der Waals surface area contributed by atoms with E-state index < -0.39 is 15.3 Å². The fourth-order valence-corrected chi connectivity index (χ4v) is 2.50. The van der Waals surface area contributed by atoms with E-state index in [9.17, 15) is 8.42 Å². The Bertz CT molecular complexity index is 653. The number of nitriles is 1. The van der Waals surface area contributed by atoms with E-state index >= 15 is 0 Å². The second-order valence-corrected chi connectivity index (χ2v) is 5.74. The quantitative estimate of drug-likeness (QED) is 0.784. The van der Waals surface area contributed by atoms with E-state index in [1.54, 1.807) is 19.1 Å². The first kappa shape index (κ1) is 16.0. The van der Waals surface area contributed by atoms with E-state index in [1.165, 1.54) is 12.3 Å². The fourth-order valence-electron chi connectivity index (χ4n) is 1.38. The topological polar surface area (TPSA) is 103 Å². The number of pyridine rings is 1. The first-order valence-electron chi connectivity index (χ1n) is 6.00. The first-order chi connectivity index (χ1) is 9.53. The minimum Gasteiger partial charge on any atom is -0.395 e. The number of nitrogens with zero attached hydrogens (tertiary/aromatic N) is 2. The summed E-state index contributed by atoms with van der Waals surface area (Å²) in [7, 11) is -3.78. The number of sulfonamides is 1. The maximum absolute atomic E-state index is 11.9. The molecule has 106 valence electrons. The van der Waals surface area contributed by atoms with E-state index in [-0.39, 0.29) is 18.8 Å². The molecule has 0 aliphatic rings. The number of nitrogens with one attached hydrogen (secondary N) is 1. The van der Waals surface area contributed by atoms with Crippen LogP contribution in [0.1, 0.15) is 25.3 Å². The molecule has 7 heteroatoms. The molecule has 0 saturated carbocycles. The predicted molar refractivity (Wildman–Crippen MR) is 75.1 cm³/mol. The van der Waals surface area contributed by atoms with Crippen LogP contribution in [0.2, 0.25) is 0 Å². The molecule has 6 nitrogen and oxygen atoms in total. The molecule has 0 radical (unpaired) electrons. The summed E-state index contributed by atoms with van der Waals surface area (Å²) in [5.41, 5.74) is 0.580. The standard InChI is InChI=1S/C13H15N3O3S/c1-2-12(10-14)20(18,19)16-13-9-11(6-7-15-13)5-3-4-8-17/h6-7,9,12,17H,2,4,8H2,1H3,(H,15,16). The van der Waals surface area contributed by atoms with Crippen molar-refractivity contribution >= 4 is 15.8 Å². The Morgan fingerprint density at radius 2 is 2.30 bits per heavy atom. The van der Waals surface area contributed by atoms with Gasteiger partial charge in [0.15, 0.2) is 5.25 Å². The summed E-state index contributed by atoms with van der Waals surface area (Å²) in [6.45, 7) is 1.59. The van der Waals surface area contributed by atoms with Crippen LogP contribution in [0.15, 0.2) is 18.3 Å². The maximum atomic E-state index is 11.9. The lowest BCUT2D eigenvalue weighted by Gasteiger charge is -2.10. The molecule has 0 aliphatic carbocycles. The Kier molecular flexibility index (Phi) is 5.98. The van der Waals surface area contributed by atoms with Gasteiger partial charge in [-0.2, -0.15) is 5.26 Å². The highest BCUT2D eigenvalue weighted by Gasteiger charge is 2.23. The van der Waals surface area contributed by atoms with Gasteiger partial charge < -0.3 is 5.11 Å². The maximum Gasteiger partial charge on any atom is 0.250 e. The van der Waals surface area contributed by atoms with Crippen molar-refractivity contribution in [2.24, 2.45) is 0 Å². The summed E-state index contributed by atoms with van der Waals surface area (Å²) in [5, 5.41) is 16.3. The monoisotopic (exact) mass is 293 g/mol. The van der Waals surface area contributed by atoms with E-state index in [4.69, 9.17) is 10.4 Å². The van der Waals surface area contributed by atoms with Crippen LogP contribution in [-0.2, 0) is 10.0 Å². The third-order valence-corrected chi connectivity index (χ3v) is 4.05. The second kappa shape index (κ2) is 7.49. The van der Waals surface area contributed by atoms with E-state index in [0.29, 0.717) is 12.0 Å². The van der Waals surface area contributed by atoms with Crippen LogP contribution in [0.25, 0.3) is 0 Å². The summed E-state index contributed by atoms with van der Waals surface area (Å²) in [6.07, 6.45) is 1.96. The fraction of sp³-hybridized carbons (Fsp3) is 0.385. The Morgan fingerprint density at radius 1 is 1.55 bits per heavy atom. The van der Waals surface area contributed by atoms with Gasteiger partial charge in [0, 0.05) is 18.2 Å². The molecule has 0 amide bonds. The third kappa shape index (κ3) is 4.54. The van der Waals surface area contributed by atoms with Gasteiger partial charge in [0.05, 0.1) is 12.7 Å². The Hall–Kier alpha value is -2.09. The molecule has 2 N–H and O–H groups in total. The smallest absolute Gasteiger partial charge is 0.250 e. The number of aliphatic hydroxyl groups excluding tert-OH is 1. The Morgan fingerprint density at radius 3 is 2.90 bits per heavy atom. The second-order valence-electron chi connectivity index (χ2n) is 3.88. The molecule has 20 heavy (non-hydrogen) atoms. The molecule has 0 saturated heterocycles. The van der Waals surface area contributed by atoms with Crippen molar-refractivity contribution in [3.8, 4) is 17.9 Å². The van der Waals surface area contributed by atoms with Gasteiger partial charge in [0.2, 0.25) is 10.0 Å². The zero-order chi connectivity index (χ0) is 15.0. The zero-order valence-electron chi connectivity index (χ0n) is 11.0. The van der Waals surface area contributed by atoms with Crippen LogP contribution in [0.3, 0.4) is 0 Å². The molecule has 1 unspecified atom stereocenters. The normalized spacial score (nSPS) is 11.8. The number of anilines is 1. The average molecular weight is 293 g/mol. The van der Waals surface area contributed by atoms with Gasteiger partial charge in [0.1, 0.15) is 5.82 Å². The van der Waals surface area contributed by atoms with Crippen LogP contribution in [0.4, 0.5) is 5.82 Å². The lowest BCUT2D eigenvalue weighted by Crippen LogP contribution is -2.26. The van der Waals surface area contributed by atoms with E-state index in [0.717, 1.165) is 0 Å². The number of rotatable bonds is 5. The number of aliphatic hydroxyl groups is 1. The number of hydrogen-bond acceptors (Lipinski definition) is 5. The lowest BCUT2D eigenvalue weighted by molar-refractivity contribution is 0.305. The van der Waals surface area contributed by atoms with Gasteiger partial charge in [-0.1, -0.05) is 18.8 Å². The summed E-state index contributed by atoms with van der Waals surface area (Å²) in [4.78, 5) is 3.89. The van der Waals surface area contributed by atoms with Crippen molar-refractivity contribution in [2.75, 3.05) is 11.3 Å². The average Bonchev–Trinajstić information content (AvgIpc) is 2.40. The summed E-state index contributed by atoms with van der Waals surface area (Å²) in [6, 6.07) is 4.84. The molecule has 0 bridgehead atoms. The molecule has 0 aromatic carbocycles. The Labute approximate surface area is 118 Å². The van der Waals surface area contributed by atoms with Gasteiger partial charge in [-0.15, -0.1) is 0 Å². The minimum absolute atomic E-state index is 0.0298. The zero-order valence-corrected chi connectivity index (χ0v) is 11.8. The highest BCUT2D eigenvalue weighted by Crippen LogP contribution is 2.12. The molecule has 1 aromatic rings. The van der Waals surface area contributed by atoms with Crippen LogP contribution in [0, 0.1) is 23.2 Å². The van der Waals surface area contributed by atoms with E-state index in [1.807, 2.05) is 0 Å². The first-order valence-corrected chi connectivity index (χ1v) is 7.55. The van der Waals surface area contributed by atoms with Gasteiger partial charge in [0.25, 0.3) is 0 Å². The van der Waals surface area contributed by atoms with Gasteiger partial charge >= 0.3 is 0 Å². The highest BCUT2D eigenvalue weighted by molar-refractivity contribution is 7.93. The summed E-state index contributed by atoms with van der Waals surface area (Å²) >= 11 is 0. The molecule has 0 spiro atoms. The van der Waals surface area contributed by atoms with Crippen LogP contribution in [-0.4, -0.2) is 30.4 Å². The largest absolute Gasteiger partial charge is 0.395 e. The summed E-state index contributed by atoms with van der Waals surface area (Å²) < 4.78 is 26.1. The van der Waals surface area contributed by atoms with Crippen molar-refractivity contribution in [3.63, 3.8) is 0 Å². The van der Waals surface area contributed by atoms with Crippen molar-refractivity contribution < 1.29 is 13.5 Å². The molecule has 1 atom stereocenters. The van der Waals surface area contributed by atoms with Crippen LogP contribution < -0.4 is 4.72 Å². The van der Waals surface area contributed by atoms with Gasteiger partial charge in [-0.3, -0.25) is 4.72 Å². The van der Waals surface area contributed by atoms with Crippen molar-refractivity contribution in [2.45, 2.75) is 25.0 Å². The lowest BCUT2D eigenvalue weighted by atomic mass is 10.2. The van der Waals surface area contributed by atoms with Crippen molar-refractivity contribution in [1.82, 2.24) is 4.98 Å². The number of hydrogen-bond donors (Lipinski definition) is 2. The van der Waals surface area contributed by atoms with Crippen molar-refractivity contribution in [3.05, 3.63) is 23.9 Å². The van der Waals surface area contributed by atoms with Gasteiger partial charge in [-0.25, -0.2) is 13.4 Å². The molecule has 0 aliphatic heterocycles. The molecule has 0 fully saturated rings. The predicted octanol–water partition coefficient (Wildman–Crippen LogP) is 0.859. The third-order valence-electron chi connectivity index (χ3n) is 2.37. The van der Waals surface area contributed by atoms with Crippen molar-refractivity contribution in [1.29, 1.82) is 5.26 Å². The van der Waals surface area contributed by atoms with Gasteiger partial charge in [-0.05, 0) is 18.6 Å². The minimum atomic E-state index is -3.78. The van der Waals surface area contributed by atoms with Crippen LogP contribution in [0.5, 0.6) is 0 Å². The molecule has 1 heterocycles. The van der Waals surface area contributed by atoms with Crippen LogP contribution >= 0.6 is 0 Å². The van der Waals surface area contributed by atoms with E-state index in [2.05, 4.69) is 21.5 Å². The molecular formula is C13H15N3O3S. The molecule has 1 rings (SSSR count).